The van der Waals surface area contributed by atoms with Gasteiger partial charge in [0.2, 0.25) is 0 Å². The number of halogens is 1. The predicted molar refractivity (Wildman–Crippen MR) is 85.1 cm³/mol. The third-order valence-corrected chi connectivity index (χ3v) is 4.67. The maximum Gasteiger partial charge on any atom is 0.263 e. The normalized spacial score (nSPS) is 11.6. The lowest BCUT2D eigenvalue weighted by Gasteiger charge is -2.06. The minimum atomic E-state index is -3.60. The molecule has 0 saturated carbocycles. The number of nitrogens with one attached hydrogen (secondary N) is 2. The van der Waals surface area contributed by atoms with Crippen molar-refractivity contribution >= 4 is 27.3 Å². The molecule has 0 unspecified atom stereocenters. The zero-order valence-corrected chi connectivity index (χ0v) is 13.5. The number of hydrogen-bond donors (Lipinski definition) is 2. The number of aryl methyl sites for hydroxylation is 1. The number of nitrogens with zero attached hydrogens (tertiary/aromatic N) is 1. The van der Waals surface area contributed by atoms with Gasteiger partial charge in [-0.25, -0.2) is 8.42 Å². The smallest absolute Gasteiger partial charge is 0.263 e. The average molecular weight is 328 g/mol. The molecule has 0 fully saturated rings. The van der Waals surface area contributed by atoms with Crippen LogP contribution in [0.15, 0.2) is 41.4 Å². The van der Waals surface area contributed by atoms with Gasteiger partial charge in [-0.05, 0) is 44.3 Å². The minimum absolute atomic E-state index is 0.254. The van der Waals surface area contributed by atoms with Crippen molar-refractivity contribution in [2.75, 3.05) is 11.8 Å². The molecule has 1 aromatic heterocycles. The summed E-state index contributed by atoms with van der Waals surface area (Å²) in [5.41, 5.74) is 1.41. The van der Waals surface area contributed by atoms with Crippen LogP contribution in [0.5, 0.6) is 0 Å². The maximum atomic E-state index is 12.4. The Morgan fingerprint density at radius 3 is 2.48 bits per heavy atom. The molecular weight excluding hydrogens is 310 g/mol. The Morgan fingerprint density at radius 1 is 1.24 bits per heavy atom. The Kier molecular flexibility index (Phi) is 4.92. The van der Waals surface area contributed by atoms with Crippen molar-refractivity contribution in [2.45, 2.75) is 24.9 Å². The summed E-state index contributed by atoms with van der Waals surface area (Å²) in [5.74, 6) is 0. The van der Waals surface area contributed by atoms with Crippen LogP contribution in [0.4, 0.5) is 5.69 Å². The first-order valence-corrected chi connectivity index (χ1v) is 8.44. The van der Waals surface area contributed by atoms with Crippen LogP contribution < -0.4 is 10.0 Å². The molecule has 0 aliphatic carbocycles. The van der Waals surface area contributed by atoms with Crippen LogP contribution in [-0.2, 0) is 23.1 Å². The molecule has 0 radical (unpaired) electrons. The molecule has 0 aliphatic heterocycles. The van der Waals surface area contributed by atoms with E-state index < -0.39 is 10.0 Å². The predicted octanol–water partition coefficient (Wildman–Crippen LogP) is 2.68. The van der Waals surface area contributed by atoms with E-state index in [1.165, 1.54) is 0 Å². The van der Waals surface area contributed by atoms with Gasteiger partial charge < -0.3 is 9.88 Å². The van der Waals surface area contributed by atoms with Gasteiger partial charge in [0.1, 0.15) is 4.90 Å². The third-order valence-electron chi connectivity index (χ3n) is 3.07. The molecule has 0 atom stereocenters. The average Bonchev–Trinajstić information content (AvgIpc) is 2.86. The van der Waals surface area contributed by atoms with Crippen molar-refractivity contribution in [2.24, 2.45) is 0 Å². The summed E-state index contributed by atoms with van der Waals surface area (Å²) in [7, 11) is -1.77. The highest BCUT2D eigenvalue weighted by atomic mass is 35.5. The van der Waals surface area contributed by atoms with Gasteiger partial charge in [-0.2, -0.15) is 0 Å². The fourth-order valence-electron chi connectivity index (χ4n) is 2.03. The van der Waals surface area contributed by atoms with Crippen LogP contribution >= 0.6 is 11.6 Å². The van der Waals surface area contributed by atoms with Crippen molar-refractivity contribution in [3.8, 4) is 0 Å². The van der Waals surface area contributed by atoms with E-state index in [1.54, 1.807) is 36.5 Å². The molecule has 0 spiro atoms. The molecule has 5 nitrogen and oxygen atoms in total. The largest absolute Gasteiger partial charge is 0.349 e. The van der Waals surface area contributed by atoms with Gasteiger partial charge in [-0.3, -0.25) is 4.72 Å². The zero-order chi connectivity index (χ0) is 15.5. The summed E-state index contributed by atoms with van der Waals surface area (Å²) < 4.78 is 29.2. The van der Waals surface area contributed by atoms with E-state index in [0.717, 1.165) is 5.69 Å². The molecule has 21 heavy (non-hydrogen) atoms. The van der Waals surface area contributed by atoms with E-state index in [4.69, 9.17) is 11.6 Å². The molecule has 0 bridgehead atoms. The monoisotopic (exact) mass is 327 g/mol. The van der Waals surface area contributed by atoms with Crippen LogP contribution in [0.3, 0.4) is 0 Å². The molecule has 1 aromatic carbocycles. The summed E-state index contributed by atoms with van der Waals surface area (Å²) in [6.45, 7) is 3.31. The van der Waals surface area contributed by atoms with E-state index >= 15 is 0 Å². The fourth-order valence-corrected chi connectivity index (χ4v) is 3.28. The van der Waals surface area contributed by atoms with Crippen LogP contribution in [0.1, 0.15) is 12.6 Å². The highest BCUT2D eigenvalue weighted by Gasteiger charge is 2.18. The van der Waals surface area contributed by atoms with Crippen molar-refractivity contribution in [1.82, 2.24) is 9.88 Å². The van der Waals surface area contributed by atoms with Gasteiger partial charge in [0.25, 0.3) is 10.0 Å². The molecule has 2 N–H and O–H groups in total. The summed E-state index contributed by atoms with van der Waals surface area (Å²) in [4.78, 5) is 0.254. The number of benzene rings is 1. The van der Waals surface area contributed by atoms with E-state index in [-0.39, 0.29) is 4.90 Å². The summed E-state index contributed by atoms with van der Waals surface area (Å²) in [6.07, 6.45) is 1.64. The van der Waals surface area contributed by atoms with Gasteiger partial charge in [0.05, 0.1) is 0 Å². The van der Waals surface area contributed by atoms with E-state index in [2.05, 4.69) is 10.0 Å². The van der Waals surface area contributed by atoms with Gasteiger partial charge in [-0.1, -0.05) is 11.6 Å². The Morgan fingerprint density at radius 2 is 1.90 bits per heavy atom. The second kappa shape index (κ2) is 6.51. The van der Waals surface area contributed by atoms with Crippen LogP contribution in [0.25, 0.3) is 0 Å². The number of anilines is 1. The van der Waals surface area contributed by atoms with Crippen molar-refractivity contribution in [3.63, 3.8) is 0 Å². The molecule has 114 valence electrons. The van der Waals surface area contributed by atoms with Gasteiger partial charge in [-0.15, -0.1) is 0 Å². The van der Waals surface area contributed by atoms with E-state index in [1.807, 2.05) is 18.5 Å². The number of hydrogen-bond acceptors (Lipinski definition) is 3. The lowest BCUT2D eigenvalue weighted by molar-refractivity contribution is 0.600. The van der Waals surface area contributed by atoms with Gasteiger partial charge in [0, 0.05) is 35.7 Å². The quantitative estimate of drug-likeness (QED) is 0.857. The van der Waals surface area contributed by atoms with E-state index in [9.17, 15) is 8.42 Å². The molecule has 1 heterocycles. The highest BCUT2D eigenvalue weighted by Crippen LogP contribution is 2.20. The number of rotatable bonds is 6. The van der Waals surface area contributed by atoms with Crippen molar-refractivity contribution < 1.29 is 8.42 Å². The van der Waals surface area contributed by atoms with E-state index in [0.29, 0.717) is 23.8 Å². The highest BCUT2D eigenvalue weighted by molar-refractivity contribution is 7.92. The van der Waals surface area contributed by atoms with Crippen LogP contribution in [0, 0.1) is 0 Å². The number of aromatic nitrogens is 1. The third kappa shape index (κ3) is 3.78. The lowest BCUT2D eigenvalue weighted by atomic mass is 10.3. The van der Waals surface area contributed by atoms with Gasteiger partial charge in [0.15, 0.2) is 0 Å². The first-order chi connectivity index (χ1) is 9.96. The molecule has 7 heteroatoms. The van der Waals surface area contributed by atoms with Gasteiger partial charge >= 0.3 is 0 Å². The van der Waals surface area contributed by atoms with Crippen molar-refractivity contribution in [1.29, 1.82) is 0 Å². The molecule has 2 aromatic rings. The Hall–Kier alpha value is -1.50. The van der Waals surface area contributed by atoms with Crippen molar-refractivity contribution in [3.05, 3.63) is 47.2 Å². The second-order valence-electron chi connectivity index (χ2n) is 4.60. The van der Waals surface area contributed by atoms with Crippen LogP contribution in [0.2, 0.25) is 5.02 Å². The summed E-state index contributed by atoms with van der Waals surface area (Å²) in [6, 6.07) is 8.22. The molecule has 0 aliphatic rings. The fraction of sp³-hybridized carbons (Fsp3) is 0.286. The topological polar surface area (TPSA) is 63.1 Å². The minimum Gasteiger partial charge on any atom is -0.349 e. The summed E-state index contributed by atoms with van der Waals surface area (Å²) in [5, 5.41) is 3.59. The molecular formula is C14H18ClN3O2S. The molecule has 0 saturated heterocycles. The SMILES string of the molecule is CCn1cc(S(=O)(=O)Nc2ccc(Cl)cc2)cc1CNC. The standard InChI is InChI=1S/C14H18ClN3O2S/c1-3-18-10-14(8-13(18)9-16-2)21(19,20)17-12-6-4-11(15)5-7-12/h4-8,10,16-17H,3,9H2,1-2H3. The zero-order valence-electron chi connectivity index (χ0n) is 11.9. The number of sulfonamides is 1. The molecule has 0 amide bonds. The Labute approximate surface area is 130 Å². The van der Waals surface area contributed by atoms with Crippen LogP contribution in [-0.4, -0.2) is 20.0 Å². The maximum absolute atomic E-state index is 12.4. The lowest BCUT2D eigenvalue weighted by Crippen LogP contribution is -2.12. The first kappa shape index (κ1) is 15.9. The Balaban J connectivity index is 2.28. The first-order valence-electron chi connectivity index (χ1n) is 6.58. The summed E-state index contributed by atoms with van der Waals surface area (Å²) >= 11 is 5.79. The molecule has 2 rings (SSSR count). The Bertz CT molecular complexity index is 708. The second-order valence-corrected chi connectivity index (χ2v) is 6.71.